The number of benzene rings is 1. The molecule has 140 valence electrons. The third kappa shape index (κ3) is 5.34. The second kappa shape index (κ2) is 8.04. The fourth-order valence-corrected chi connectivity index (χ4v) is 2.99. The lowest BCUT2D eigenvalue weighted by molar-refractivity contribution is -0.384. The normalized spacial score (nSPS) is 17.3. The van der Waals surface area contributed by atoms with Gasteiger partial charge in [-0.15, -0.1) is 0 Å². The maximum absolute atomic E-state index is 11.8. The number of carbonyl (C=O) groups is 1. The van der Waals surface area contributed by atoms with Crippen molar-refractivity contribution in [2.45, 2.75) is 39.2 Å². The molecule has 26 heavy (non-hydrogen) atoms. The molecule has 1 fully saturated rings. The molecule has 2 rings (SSSR count). The highest BCUT2D eigenvalue weighted by Gasteiger charge is 2.26. The first-order chi connectivity index (χ1) is 12.2. The molecule has 8 heteroatoms. The molecule has 1 saturated heterocycles. The summed E-state index contributed by atoms with van der Waals surface area (Å²) in [7, 11) is 0. The zero-order chi connectivity index (χ0) is 19.3. The molecule has 1 N–H and O–H groups in total. The maximum atomic E-state index is 11.8. The molecule has 8 nitrogen and oxygen atoms in total. The summed E-state index contributed by atoms with van der Waals surface area (Å²) in [5, 5.41) is 23.2. The van der Waals surface area contributed by atoms with E-state index in [4.69, 9.17) is 10.00 Å². The van der Waals surface area contributed by atoms with Crippen LogP contribution in [0.25, 0.3) is 0 Å². The van der Waals surface area contributed by atoms with Crippen molar-refractivity contribution in [3.63, 3.8) is 0 Å². The summed E-state index contributed by atoms with van der Waals surface area (Å²) in [4.78, 5) is 24.6. The second-order valence-corrected chi connectivity index (χ2v) is 7.41. The van der Waals surface area contributed by atoms with Crippen LogP contribution in [0.3, 0.4) is 0 Å². The topological polar surface area (TPSA) is 108 Å². The molecule has 0 saturated carbocycles. The van der Waals surface area contributed by atoms with Crippen LogP contribution in [-0.2, 0) is 4.74 Å². The van der Waals surface area contributed by atoms with Crippen molar-refractivity contribution >= 4 is 17.5 Å². The molecule has 1 aliphatic rings. The number of nitrogens with one attached hydrogen (secondary N) is 1. The van der Waals surface area contributed by atoms with Crippen molar-refractivity contribution in [3.8, 4) is 6.07 Å². The van der Waals surface area contributed by atoms with Gasteiger partial charge in [0.2, 0.25) is 0 Å². The van der Waals surface area contributed by atoms with Crippen LogP contribution in [0.15, 0.2) is 18.2 Å². The van der Waals surface area contributed by atoms with Gasteiger partial charge in [0.25, 0.3) is 5.69 Å². The molecule has 1 aromatic carbocycles. The smallest absolute Gasteiger partial charge is 0.407 e. The Bertz CT molecular complexity index is 721. The molecule has 0 aromatic heterocycles. The quantitative estimate of drug-likeness (QED) is 0.652. The first-order valence-electron chi connectivity index (χ1n) is 8.60. The Morgan fingerprint density at radius 1 is 1.50 bits per heavy atom. The van der Waals surface area contributed by atoms with Crippen molar-refractivity contribution < 1.29 is 14.5 Å². The van der Waals surface area contributed by atoms with Crippen LogP contribution in [0.2, 0.25) is 0 Å². The number of ether oxygens (including phenoxy) is 1. The average Bonchev–Trinajstić information content (AvgIpc) is 2.58. The van der Waals surface area contributed by atoms with Gasteiger partial charge in [-0.2, -0.15) is 5.26 Å². The van der Waals surface area contributed by atoms with Crippen LogP contribution in [0.4, 0.5) is 16.2 Å². The molecule has 0 spiro atoms. The molecular weight excluding hydrogens is 336 g/mol. The van der Waals surface area contributed by atoms with Crippen LogP contribution in [-0.4, -0.2) is 36.3 Å². The summed E-state index contributed by atoms with van der Waals surface area (Å²) in [6.07, 6.45) is 1.30. The first kappa shape index (κ1) is 19.5. The van der Waals surface area contributed by atoms with E-state index in [0.717, 1.165) is 12.8 Å². The number of rotatable bonds is 4. The molecule has 1 heterocycles. The van der Waals surface area contributed by atoms with Crippen molar-refractivity contribution in [2.75, 3.05) is 24.5 Å². The van der Waals surface area contributed by atoms with E-state index in [1.165, 1.54) is 12.1 Å². The van der Waals surface area contributed by atoms with Gasteiger partial charge in [-0.3, -0.25) is 10.1 Å². The first-order valence-corrected chi connectivity index (χ1v) is 8.60. The van der Waals surface area contributed by atoms with Gasteiger partial charge in [0, 0.05) is 25.7 Å². The van der Waals surface area contributed by atoms with Crippen LogP contribution >= 0.6 is 0 Å². The zero-order valence-corrected chi connectivity index (χ0v) is 15.3. The highest BCUT2D eigenvalue weighted by atomic mass is 16.6. The van der Waals surface area contributed by atoms with Crippen LogP contribution in [0.1, 0.15) is 39.2 Å². The third-order valence-electron chi connectivity index (χ3n) is 4.09. The van der Waals surface area contributed by atoms with E-state index in [2.05, 4.69) is 5.32 Å². The van der Waals surface area contributed by atoms with E-state index in [1.54, 1.807) is 26.8 Å². The zero-order valence-electron chi connectivity index (χ0n) is 15.3. The minimum absolute atomic E-state index is 0.00949. The monoisotopic (exact) mass is 360 g/mol. The Kier molecular flexibility index (Phi) is 6.03. The fraction of sp³-hybridized carbons (Fsp3) is 0.556. The highest BCUT2D eigenvalue weighted by Crippen LogP contribution is 2.32. The second-order valence-electron chi connectivity index (χ2n) is 7.41. The van der Waals surface area contributed by atoms with Crippen molar-refractivity contribution in [1.29, 1.82) is 5.26 Å². The van der Waals surface area contributed by atoms with Crippen LogP contribution in [0.5, 0.6) is 0 Å². The molecule has 0 radical (unpaired) electrons. The summed E-state index contributed by atoms with van der Waals surface area (Å²) in [6.45, 7) is 7.10. The molecule has 1 unspecified atom stereocenters. The number of carbonyl (C=O) groups excluding carboxylic acids is 1. The fourth-order valence-electron chi connectivity index (χ4n) is 2.99. The maximum Gasteiger partial charge on any atom is 0.407 e. The van der Waals surface area contributed by atoms with E-state index in [0.29, 0.717) is 30.9 Å². The van der Waals surface area contributed by atoms with Gasteiger partial charge >= 0.3 is 6.09 Å². The Morgan fingerprint density at radius 3 is 2.85 bits per heavy atom. The Labute approximate surface area is 152 Å². The molecule has 1 atom stereocenters. The van der Waals surface area contributed by atoms with Gasteiger partial charge in [-0.05, 0) is 51.7 Å². The summed E-state index contributed by atoms with van der Waals surface area (Å²) in [5.74, 6) is 0.154. The van der Waals surface area contributed by atoms with E-state index >= 15 is 0 Å². The number of piperidine rings is 1. The van der Waals surface area contributed by atoms with Crippen molar-refractivity contribution in [3.05, 3.63) is 33.9 Å². The number of nitriles is 1. The largest absolute Gasteiger partial charge is 0.444 e. The SMILES string of the molecule is CC(C)(C)OC(=O)NCC1CCCN(c2cc(C#N)ccc2[N+](=O)[O-])C1. The molecule has 1 amide bonds. The Morgan fingerprint density at radius 2 is 2.23 bits per heavy atom. The van der Waals surface area contributed by atoms with Crippen LogP contribution < -0.4 is 10.2 Å². The summed E-state index contributed by atoms with van der Waals surface area (Å²) >= 11 is 0. The third-order valence-corrected chi connectivity index (χ3v) is 4.09. The Balaban J connectivity index is 2.05. The number of nitro benzene ring substituents is 1. The molecule has 0 aliphatic carbocycles. The van der Waals surface area contributed by atoms with Gasteiger partial charge in [-0.25, -0.2) is 4.79 Å². The standard InChI is InChI=1S/C18H24N4O4/c1-18(2,3)26-17(23)20-11-14-5-4-8-21(12-14)16-9-13(10-19)6-7-15(16)22(24)25/h6-7,9,14H,4-5,8,11-12H2,1-3H3,(H,20,23). The summed E-state index contributed by atoms with van der Waals surface area (Å²) in [6, 6.07) is 6.40. The average molecular weight is 360 g/mol. The summed E-state index contributed by atoms with van der Waals surface area (Å²) in [5.41, 5.74) is 0.279. The lowest BCUT2D eigenvalue weighted by atomic mass is 9.97. The van der Waals surface area contributed by atoms with Gasteiger partial charge in [-0.1, -0.05) is 0 Å². The van der Waals surface area contributed by atoms with Gasteiger partial charge in [0.15, 0.2) is 0 Å². The number of amides is 1. The number of nitrogens with zero attached hydrogens (tertiary/aromatic N) is 3. The Hall–Kier alpha value is -2.82. The van der Waals surface area contributed by atoms with Gasteiger partial charge in [0.1, 0.15) is 11.3 Å². The minimum atomic E-state index is -0.555. The predicted molar refractivity (Wildman–Crippen MR) is 97.0 cm³/mol. The van der Waals surface area contributed by atoms with Crippen molar-refractivity contribution in [1.82, 2.24) is 5.32 Å². The van der Waals surface area contributed by atoms with E-state index < -0.39 is 16.6 Å². The van der Waals surface area contributed by atoms with E-state index in [-0.39, 0.29) is 11.6 Å². The van der Waals surface area contributed by atoms with Crippen molar-refractivity contribution in [2.24, 2.45) is 5.92 Å². The molecule has 1 aromatic rings. The molecule has 1 aliphatic heterocycles. The van der Waals surface area contributed by atoms with E-state index in [1.807, 2.05) is 11.0 Å². The number of anilines is 1. The molecule has 0 bridgehead atoms. The number of alkyl carbamates (subject to hydrolysis) is 1. The lowest BCUT2D eigenvalue weighted by Crippen LogP contribution is -2.42. The van der Waals surface area contributed by atoms with Gasteiger partial charge in [0.05, 0.1) is 16.6 Å². The minimum Gasteiger partial charge on any atom is -0.444 e. The van der Waals surface area contributed by atoms with Gasteiger partial charge < -0.3 is 15.0 Å². The summed E-state index contributed by atoms with van der Waals surface area (Å²) < 4.78 is 5.23. The predicted octanol–water partition coefficient (Wildman–Crippen LogP) is 3.21. The lowest BCUT2D eigenvalue weighted by Gasteiger charge is -2.34. The molecular formula is C18H24N4O4. The number of nitro groups is 1. The highest BCUT2D eigenvalue weighted by molar-refractivity contribution is 5.68. The number of hydrogen-bond acceptors (Lipinski definition) is 6. The number of hydrogen-bond donors (Lipinski definition) is 1. The van der Waals surface area contributed by atoms with Crippen LogP contribution in [0, 0.1) is 27.4 Å². The van der Waals surface area contributed by atoms with E-state index in [9.17, 15) is 14.9 Å².